The van der Waals surface area contributed by atoms with E-state index >= 15 is 0 Å². The van der Waals surface area contributed by atoms with Crippen LogP contribution in [0.4, 0.5) is 43.4 Å². The molecule has 2 saturated heterocycles. The second-order valence-electron chi connectivity index (χ2n) is 10.5. The summed E-state index contributed by atoms with van der Waals surface area (Å²) in [6.07, 6.45) is 2.69. The van der Waals surface area contributed by atoms with Gasteiger partial charge >= 0.3 is 0 Å². The Bertz CT molecular complexity index is 1370. The second-order valence-corrected chi connectivity index (χ2v) is 10.5. The van der Waals surface area contributed by atoms with Crippen LogP contribution < -0.4 is 26.0 Å². The number of likely N-dealkylation sites (N-methyl/N-ethyl adjacent to an activating group) is 1. The summed E-state index contributed by atoms with van der Waals surface area (Å²) in [5.74, 6) is -0.655. The number of benzene rings is 2. The van der Waals surface area contributed by atoms with E-state index in [1.807, 2.05) is 6.07 Å². The summed E-state index contributed by atoms with van der Waals surface area (Å²) in [5, 5.41) is 16.7. The maximum atomic E-state index is 14.1. The normalized spacial score (nSPS) is 20.5. The van der Waals surface area contributed by atoms with Gasteiger partial charge in [-0.3, -0.25) is 0 Å². The summed E-state index contributed by atoms with van der Waals surface area (Å²) < 4.78 is 33.7. The summed E-state index contributed by atoms with van der Waals surface area (Å²) in [5.41, 5.74) is 7.55. The number of nitrogen functional groups attached to an aromatic ring is 1. The molecule has 2 unspecified atom stereocenters. The minimum absolute atomic E-state index is 0.0729. The first-order chi connectivity index (χ1) is 18.6. The maximum absolute atomic E-state index is 14.1. The minimum atomic E-state index is -1.40. The molecule has 0 amide bonds. The summed E-state index contributed by atoms with van der Waals surface area (Å²) in [4.78, 5) is 17.4. The Hall–Kier alpha value is -3.77. The Kier molecular flexibility index (Phi) is 7.17. The average molecular weight is 541 g/mol. The predicted molar refractivity (Wildman–Crippen MR) is 147 cm³/mol. The molecule has 208 valence electrons. The number of hydrogen-bond acceptors (Lipinski definition) is 10. The Balaban J connectivity index is 1.40. The van der Waals surface area contributed by atoms with Crippen molar-refractivity contribution in [2.24, 2.45) is 5.92 Å². The Morgan fingerprint density at radius 2 is 1.79 bits per heavy atom. The van der Waals surface area contributed by atoms with Crippen LogP contribution in [0.25, 0.3) is 0 Å². The molecule has 0 radical (unpaired) electrons. The molecule has 0 aliphatic carbocycles. The van der Waals surface area contributed by atoms with E-state index in [1.165, 1.54) is 13.3 Å². The van der Waals surface area contributed by atoms with E-state index in [1.54, 1.807) is 20.1 Å². The smallest absolute Gasteiger partial charge is 0.232 e. The van der Waals surface area contributed by atoms with Gasteiger partial charge in [0, 0.05) is 43.4 Å². The van der Waals surface area contributed by atoms with Gasteiger partial charge in [-0.1, -0.05) is 6.92 Å². The number of halogens is 2. The van der Waals surface area contributed by atoms with Crippen molar-refractivity contribution in [1.29, 1.82) is 0 Å². The molecule has 39 heavy (non-hydrogen) atoms. The third-order valence-corrected chi connectivity index (χ3v) is 7.78. The molecule has 3 atom stereocenters. The van der Waals surface area contributed by atoms with Gasteiger partial charge in [0.1, 0.15) is 12.1 Å². The van der Waals surface area contributed by atoms with E-state index < -0.39 is 17.2 Å². The molecule has 5 rings (SSSR count). The molecule has 1 aromatic heterocycles. The molecule has 0 bridgehead atoms. The van der Waals surface area contributed by atoms with Crippen LogP contribution in [0.15, 0.2) is 30.6 Å². The standard InChI is InChI=1S/C27H34F2N8O2/c1-5-27(2,38)16-8-17(28)18(29)9-20(16)33-25-31-14-32-26(35-25)34-21-10-19(30)22(11-24(21)39-4)37-7-6-15-12-36(3)13-23(15)37/h8-11,14-15,23,38H,5-7,12-13,30H2,1-4H3,(H2,31,32,33,34,35)/t15?,23-,27?/m0/s1. The number of fused-ring (bicyclic) bond motifs is 1. The molecule has 10 nitrogen and oxygen atoms in total. The number of methoxy groups -OCH3 is 1. The van der Waals surface area contributed by atoms with Crippen LogP contribution in [0.5, 0.6) is 5.75 Å². The van der Waals surface area contributed by atoms with E-state index in [4.69, 9.17) is 10.5 Å². The zero-order chi connectivity index (χ0) is 27.9. The van der Waals surface area contributed by atoms with Gasteiger partial charge in [0.05, 0.1) is 35.5 Å². The second kappa shape index (κ2) is 10.4. The lowest BCUT2D eigenvalue weighted by atomic mass is 9.91. The Morgan fingerprint density at radius 1 is 1.10 bits per heavy atom. The third-order valence-electron chi connectivity index (χ3n) is 7.78. The van der Waals surface area contributed by atoms with Gasteiger partial charge in [-0.25, -0.2) is 18.7 Å². The molecule has 3 aromatic rings. The Labute approximate surface area is 226 Å². The van der Waals surface area contributed by atoms with Crippen molar-refractivity contribution in [1.82, 2.24) is 19.9 Å². The van der Waals surface area contributed by atoms with Gasteiger partial charge in [0.25, 0.3) is 0 Å². The SMILES string of the molecule is CCC(C)(O)c1cc(F)c(F)cc1Nc1ncnc(Nc2cc(N)c(N3CCC4CN(C)C[C@@H]43)cc2OC)n1. The number of aromatic nitrogens is 3. The highest BCUT2D eigenvalue weighted by Gasteiger charge is 2.40. The molecule has 3 heterocycles. The summed E-state index contributed by atoms with van der Waals surface area (Å²) in [7, 11) is 3.73. The highest BCUT2D eigenvalue weighted by molar-refractivity contribution is 5.80. The van der Waals surface area contributed by atoms with Crippen molar-refractivity contribution in [3.8, 4) is 5.75 Å². The zero-order valence-corrected chi connectivity index (χ0v) is 22.5. The van der Waals surface area contributed by atoms with E-state index in [9.17, 15) is 13.9 Å². The molecule has 5 N–H and O–H groups in total. The Morgan fingerprint density at radius 3 is 2.49 bits per heavy atom. The van der Waals surface area contributed by atoms with Crippen molar-refractivity contribution >= 4 is 34.6 Å². The van der Waals surface area contributed by atoms with Crippen LogP contribution in [-0.4, -0.2) is 64.8 Å². The number of nitrogens with zero attached hydrogens (tertiary/aromatic N) is 5. The molecular weight excluding hydrogens is 506 g/mol. The molecule has 0 saturated carbocycles. The first-order valence-electron chi connectivity index (χ1n) is 13.0. The molecule has 2 aromatic carbocycles. The number of nitrogens with two attached hydrogens (primary N) is 1. The average Bonchev–Trinajstić information content (AvgIpc) is 3.45. The monoisotopic (exact) mass is 540 g/mol. The number of aliphatic hydroxyl groups is 1. The number of rotatable bonds is 8. The zero-order valence-electron chi connectivity index (χ0n) is 22.5. The fourth-order valence-electron chi connectivity index (χ4n) is 5.52. The van der Waals surface area contributed by atoms with Gasteiger partial charge in [-0.15, -0.1) is 0 Å². The van der Waals surface area contributed by atoms with Crippen molar-refractivity contribution in [2.75, 3.05) is 55.1 Å². The number of anilines is 6. The summed E-state index contributed by atoms with van der Waals surface area (Å²) in [6, 6.07) is 6.09. The van der Waals surface area contributed by atoms with Crippen LogP contribution >= 0.6 is 0 Å². The van der Waals surface area contributed by atoms with Crippen molar-refractivity contribution < 1.29 is 18.6 Å². The molecule has 12 heteroatoms. The van der Waals surface area contributed by atoms with Crippen LogP contribution in [0.3, 0.4) is 0 Å². The fraction of sp³-hybridized carbons (Fsp3) is 0.444. The minimum Gasteiger partial charge on any atom is -0.494 e. The molecule has 2 fully saturated rings. The van der Waals surface area contributed by atoms with Crippen LogP contribution in [0.1, 0.15) is 32.3 Å². The highest BCUT2D eigenvalue weighted by atomic mass is 19.2. The lowest BCUT2D eigenvalue weighted by Crippen LogP contribution is -2.35. The molecule has 2 aliphatic heterocycles. The van der Waals surface area contributed by atoms with E-state index in [2.05, 4.69) is 42.4 Å². The number of hydrogen-bond donors (Lipinski definition) is 4. The lowest BCUT2D eigenvalue weighted by Gasteiger charge is -2.28. The number of ether oxygens (including phenoxy) is 1. The highest BCUT2D eigenvalue weighted by Crippen LogP contribution is 2.42. The molecule has 0 spiro atoms. The van der Waals surface area contributed by atoms with E-state index in [0.29, 0.717) is 29.1 Å². The summed E-state index contributed by atoms with van der Waals surface area (Å²) >= 11 is 0. The number of likely N-dealkylation sites (tertiary alicyclic amines) is 1. The van der Waals surface area contributed by atoms with E-state index in [-0.39, 0.29) is 29.6 Å². The summed E-state index contributed by atoms with van der Waals surface area (Å²) in [6.45, 7) is 6.31. The molecular formula is C27H34F2N8O2. The van der Waals surface area contributed by atoms with Crippen molar-refractivity contribution in [3.05, 3.63) is 47.8 Å². The van der Waals surface area contributed by atoms with Gasteiger partial charge in [-0.2, -0.15) is 4.98 Å². The van der Waals surface area contributed by atoms with Crippen molar-refractivity contribution in [3.63, 3.8) is 0 Å². The van der Waals surface area contributed by atoms with Gasteiger partial charge in [-0.05, 0) is 44.9 Å². The lowest BCUT2D eigenvalue weighted by molar-refractivity contribution is 0.0534. The maximum Gasteiger partial charge on any atom is 0.232 e. The first-order valence-corrected chi connectivity index (χ1v) is 13.0. The van der Waals surface area contributed by atoms with Crippen LogP contribution in [-0.2, 0) is 5.60 Å². The first kappa shape index (κ1) is 26.8. The van der Waals surface area contributed by atoms with Crippen LogP contribution in [0.2, 0.25) is 0 Å². The predicted octanol–water partition coefficient (Wildman–Crippen LogP) is 3.99. The van der Waals surface area contributed by atoms with Gasteiger partial charge in [0.15, 0.2) is 11.6 Å². The topological polar surface area (TPSA) is 125 Å². The van der Waals surface area contributed by atoms with Crippen LogP contribution in [0, 0.1) is 17.6 Å². The van der Waals surface area contributed by atoms with Gasteiger partial charge < -0.3 is 36.0 Å². The third kappa shape index (κ3) is 5.26. The van der Waals surface area contributed by atoms with Crippen molar-refractivity contribution in [2.45, 2.75) is 38.3 Å². The molecule has 2 aliphatic rings. The largest absolute Gasteiger partial charge is 0.494 e. The fourth-order valence-corrected chi connectivity index (χ4v) is 5.52. The van der Waals surface area contributed by atoms with E-state index in [0.717, 1.165) is 43.9 Å². The van der Waals surface area contributed by atoms with Gasteiger partial charge in [0.2, 0.25) is 11.9 Å². The quantitative estimate of drug-likeness (QED) is 0.312. The number of nitrogens with one attached hydrogen (secondary N) is 2.